The lowest BCUT2D eigenvalue weighted by Crippen LogP contribution is -2.40. The maximum Gasteiger partial charge on any atom is 0.237 e. The number of nitrogens with zero attached hydrogens (tertiary/aromatic N) is 3. The van der Waals surface area contributed by atoms with Gasteiger partial charge in [-0.25, -0.2) is 0 Å². The van der Waals surface area contributed by atoms with E-state index in [4.69, 9.17) is 4.74 Å². The van der Waals surface area contributed by atoms with Crippen molar-refractivity contribution in [2.45, 2.75) is 30.3 Å². The highest BCUT2D eigenvalue weighted by atomic mass is 32.2. The van der Waals surface area contributed by atoms with Gasteiger partial charge in [0.1, 0.15) is 5.75 Å². The molecule has 1 aliphatic rings. The first-order chi connectivity index (χ1) is 15.5. The van der Waals surface area contributed by atoms with Gasteiger partial charge in [0.2, 0.25) is 16.9 Å². The molecule has 0 saturated carbocycles. The number of benzene rings is 2. The summed E-state index contributed by atoms with van der Waals surface area (Å²) in [6, 6.07) is 14.9. The summed E-state index contributed by atoms with van der Waals surface area (Å²) >= 11 is 2.75. The van der Waals surface area contributed by atoms with Gasteiger partial charge >= 0.3 is 0 Å². The van der Waals surface area contributed by atoms with Crippen LogP contribution in [0.25, 0.3) is 0 Å². The molecule has 2 aromatic carbocycles. The average molecular weight is 470 g/mol. The summed E-state index contributed by atoms with van der Waals surface area (Å²) in [6.45, 7) is 2.50. The Hall–Kier alpha value is -3.11. The largest absolute Gasteiger partial charge is 0.497 e. The molecule has 0 bridgehead atoms. The number of hydrogen-bond donors (Lipinski definition) is 2. The molecule has 2 heterocycles. The molecule has 1 aliphatic heterocycles. The van der Waals surface area contributed by atoms with Gasteiger partial charge in [-0.15, -0.1) is 10.2 Å². The molecule has 1 atom stereocenters. The topological polar surface area (TPSA) is 96.4 Å². The lowest BCUT2D eigenvalue weighted by molar-refractivity contribution is -0.117. The number of carbonyl (C=O) groups excluding carboxylic acids is 2. The van der Waals surface area contributed by atoms with Crippen molar-refractivity contribution in [1.29, 1.82) is 0 Å². The predicted molar refractivity (Wildman–Crippen MR) is 128 cm³/mol. The first kappa shape index (κ1) is 22.1. The molecule has 0 spiro atoms. The maximum absolute atomic E-state index is 13.1. The van der Waals surface area contributed by atoms with Crippen molar-refractivity contribution in [2.75, 3.05) is 28.4 Å². The Morgan fingerprint density at radius 1 is 1.25 bits per heavy atom. The Labute approximate surface area is 194 Å². The molecule has 166 valence electrons. The van der Waals surface area contributed by atoms with Crippen molar-refractivity contribution in [3.63, 3.8) is 0 Å². The normalized spacial score (nSPS) is 15.5. The molecule has 2 amide bonds. The van der Waals surface area contributed by atoms with E-state index < -0.39 is 0 Å². The van der Waals surface area contributed by atoms with Crippen molar-refractivity contribution >= 4 is 51.4 Å². The second-order valence-electron chi connectivity index (χ2n) is 7.25. The molecule has 0 aliphatic carbocycles. The van der Waals surface area contributed by atoms with Gasteiger partial charge in [0.05, 0.1) is 24.2 Å². The summed E-state index contributed by atoms with van der Waals surface area (Å²) in [5.41, 5.74) is 2.47. The number of amides is 2. The van der Waals surface area contributed by atoms with E-state index >= 15 is 0 Å². The molecular formula is C22H23N5O3S2. The number of hydrogen-bond acceptors (Lipinski definition) is 8. The van der Waals surface area contributed by atoms with E-state index in [0.29, 0.717) is 21.7 Å². The van der Waals surface area contributed by atoms with Crippen LogP contribution >= 0.6 is 23.1 Å². The monoisotopic (exact) mass is 469 g/mol. The standard InChI is InChI=1S/C22H23N5O3S2/c1-14-11-19(28)24-17-5-3-4-6-18(17)27(14)20(29)13-31-22-26-25-21(32-22)23-12-15-7-9-16(30-2)10-8-15/h3-10,14H,11-13H2,1-2H3,(H,23,25)(H,24,28). The summed E-state index contributed by atoms with van der Waals surface area (Å²) in [5.74, 6) is 0.855. The molecule has 10 heteroatoms. The third-order valence-electron chi connectivity index (χ3n) is 4.96. The molecule has 4 rings (SSSR count). The minimum atomic E-state index is -0.233. The number of anilines is 3. The molecule has 32 heavy (non-hydrogen) atoms. The predicted octanol–water partition coefficient (Wildman–Crippen LogP) is 4.01. The fourth-order valence-electron chi connectivity index (χ4n) is 3.42. The summed E-state index contributed by atoms with van der Waals surface area (Å²) in [7, 11) is 1.64. The van der Waals surface area contributed by atoms with Gasteiger partial charge in [-0.2, -0.15) is 0 Å². The van der Waals surface area contributed by atoms with Gasteiger partial charge in [0.25, 0.3) is 0 Å². The quantitative estimate of drug-likeness (QED) is 0.505. The van der Waals surface area contributed by atoms with Crippen LogP contribution in [0, 0.1) is 0 Å². The summed E-state index contributed by atoms with van der Waals surface area (Å²) < 4.78 is 5.88. The van der Waals surface area contributed by atoms with Gasteiger partial charge in [0.15, 0.2) is 4.34 Å². The van der Waals surface area contributed by atoms with Gasteiger partial charge in [-0.3, -0.25) is 9.59 Å². The molecule has 1 aromatic heterocycles. The summed E-state index contributed by atoms with van der Waals surface area (Å²) in [6.07, 6.45) is 0.253. The van der Waals surface area contributed by atoms with Gasteiger partial charge in [-0.05, 0) is 36.8 Å². The fraction of sp³-hybridized carbons (Fsp3) is 0.273. The Morgan fingerprint density at radius 3 is 2.81 bits per heavy atom. The second-order valence-corrected chi connectivity index (χ2v) is 9.45. The van der Waals surface area contributed by atoms with Crippen molar-refractivity contribution < 1.29 is 14.3 Å². The molecule has 3 aromatic rings. The van der Waals surface area contributed by atoms with Crippen LogP contribution in [-0.2, 0) is 16.1 Å². The highest BCUT2D eigenvalue weighted by Crippen LogP contribution is 2.33. The minimum Gasteiger partial charge on any atom is -0.497 e. The van der Waals surface area contributed by atoms with Gasteiger partial charge < -0.3 is 20.3 Å². The number of aromatic nitrogens is 2. The third-order valence-corrected chi connectivity index (χ3v) is 6.96. The minimum absolute atomic E-state index is 0.0746. The van der Waals surface area contributed by atoms with Crippen LogP contribution in [-0.4, -0.2) is 40.9 Å². The number of nitrogens with one attached hydrogen (secondary N) is 2. The van der Waals surface area contributed by atoms with E-state index in [9.17, 15) is 9.59 Å². The zero-order valence-electron chi connectivity index (χ0n) is 17.7. The van der Waals surface area contributed by atoms with Crippen LogP contribution in [0.2, 0.25) is 0 Å². The van der Waals surface area contributed by atoms with Crippen molar-refractivity contribution in [3.8, 4) is 5.75 Å². The number of carbonyl (C=O) groups is 2. The van der Waals surface area contributed by atoms with Crippen LogP contribution in [0.3, 0.4) is 0 Å². The van der Waals surface area contributed by atoms with Crippen molar-refractivity contribution in [2.24, 2.45) is 0 Å². The number of ether oxygens (including phenoxy) is 1. The van der Waals surface area contributed by atoms with E-state index in [1.165, 1.54) is 23.1 Å². The lowest BCUT2D eigenvalue weighted by Gasteiger charge is -2.27. The van der Waals surface area contributed by atoms with Crippen LogP contribution in [0.15, 0.2) is 52.9 Å². The Balaban J connectivity index is 1.36. The van der Waals surface area contributed by atoms with E-state index in [1.54, 1.807) is 12.0 Å². The van der Waals surface area contributed by atoms with Crippen molar-refractivity contribution in [1.82, 2.24) is 10.2 Å². The first-order valence-corrected chi connectivity index (χ1v) is 11.9. The Morgan fingerprint density at radius 2 is 2.03 bits per heavy atom. The molecular weight excluding hydrogens is 446 g/mol. The molecule has 0 fully saturated rings. The highest BCUT2D eigenvalue weighted by molar-refractivity contribution is 8.01. The number of thioether (sulfide) groups is 1. The lowest BCUT2D eigenvalue weighted by atomic mass is 10.2. The zero-order valence-corrected chi connectivity index (χ0v) is 19.3. The number of para-hydroxylation sites is 2. The van der Waals surface area contributed by atoms with E-state index in [-0.39, 0.29) is 30.0 Å². The van der Waals surface area contributed by atoms with Crippen molar-refractivity contribution in [3.05, 3.63) is 54.1 Å². The van der Waals surface area contributed by atoms with Crippen LogP contribution in [0.5, 0.6) is 5.75 Å². The molecule has 0 saturated heterocycles. The molecule has 2 N–H and O–H groups in total. The summed E-state index contributed by atoms with van der Waals surface area (Å²) in [5, 5.41) is 15.2. The zero-order chi connectivity index (χ0) is 22.5. The summed E-state index contributed by atoms with van der Waals surface area (Å²) in [4.78, 5) is 26.9. The first-order valence-electron chi connectivity index (χ1n) is 10.1. The molecule has 8 nitrogen and oxygen atoms in total. The number of methoxy groups -OCH3 is 1. The van der Waals surface area contributed by atoms with E-state index in [1.807, 2.05) is 55.5 Å². The highest BCUT2D eigenvalue weighted by Gasteiger charge is 2.29. The SMILES string of the molecule is COc1ccc(CNc2nnc(SCC(=O)N3c4ccccc4NC(=O)CC3C)s2)cc1. The van der Waals surface area contributed by atoms with Crippen LogP contribution in [0.4, 0.5) is 16.5 Å². The molecule has 0 radical (unpaired) electrons. The van der Waals surface area contributed by atoms with Gasteiger partial charge in [-0.1, -0.05) is 47.4 Å². The Bertz CT molecular complexity index is 1100. The number of rotatable bonds is 7. The number of fused-ring (bicyclic) bond motifs is 1. The molecule has 1 unspecified atom stereocenters. The van der Waals surface area contributed by atoms with E-state index in [0.717, 1.165) is 17.0 Å². The third kappa shape index (κ3) is 5.20. The average Bonchev–Trinajstić information content (AvgIpc) is 3.20. The van der Waals surface area contributed by atoms with Crippen LogP contribution < -0.4 is 20.3 Å². The van der Waals surface area contributed by atoms with E-state index in [2.05, 4.69) is 20.8 Å². The van der Waals surface area contributed by atoms with Gasteiger partial charge in [0, 0.05) is 19.0 Å². The smallest absolute Gasteiger partial charge is 0.237 e. The second kappa shape index (κ2) is 10.0. The van der Waals surface area contributed by atoms with Crippen LogP contribution in [0.1, 0.15) is 18.9 Å². The Kier molecular flexibility index (Phi) is 6.91. The maximum atomic E-state index is 13.1. The fourth-order valence-corrected chi connectivity index (χ4v) is 5.03.